The number of fused-ring (bicyclic) bond motifs is 1. The van der Waals surface area contributed by atoms with E-state index in [1.165, 1.54) is 0 Å². The number of rotatable bonds is 5. The Bertz CT molecular complexity index is 482. The Kier molecular flexibility index (Phi) is 5.05. The van der Waals surface area contributed by atoms with Crippen molar-refractivity contribution >= 4 is 10.8 Å². The maximum absolute atomic E-state index is 12.2. The summed E-state index contributed by atoms with van der Waals surface area (Å²) in [6.07, 6.45) is 0.887. The van der Waals surface area contributed by atoms with Gasteiger partial charge in [-0.05, 0) is 45.9 Å². The zero-order chi connectivity index (χ0) is 14.6. The fourth-order valence-electron chi connectivity index (χ4n) is 1.95. The van der Waals surface area contributed by atoms with Crippen LogP contribution in [-0.2, 0) is 10.8 Å². The van der Waals surface area contributed by atoms with Crippen LogP contribution in [0.4, 0.5) is 0 Å². The van der Waals surface area contributed by atoms with E-state index in [9.17, 15) is 4.21 Å². The Balaban J connectivity index is 1.86. The van der Waals surface area contributed by atoms with E-state index >= 15 is 0 Å². The smallest absolute Gasteiger partial charge is 0.162 e. The minimum absolute atomic E-state index is 0.110. The molecule has 0 aliphatic carbocycles. The topological polar surface area (TPSA) is 47.6 Å². The van der Waals surface area contributed by atoms with Crippen LogP contribution in [0.25, 0.3) is 0 Å². The normalized spacial score (nSPS) is 15.9. The molecule has 2 rings (SSSR count). The van der Waals surface area contributed by atoms with E-state index in [2.05, 4.69) is 26.1 Å². The van der Waals surface area contributed by atoms with Crippen LogP contribution >= 0.6 is 0 Å². The molecule has 1 aromatic carbocycles. The average molecular weight is 297 g/mol. The molecule has 0 spiro atoms. The average Bonchev–Trinajstić information content (AvgIpc) is 2.42. The third-order valence-corrected chi connectivity index (χ3v) is 4.38. The fraction of sp³-hybridized carbons (Fsp3) is 0.600. The van der Waals surface area contributed by atoms with Gasteiger partial charge in [-0.2, -0.15) is 0 Å². The lowest BCUT2D eigenvalue weighted by atomic mass is 10.1. The molecule has 5 heteroatoms. The summed E-state index contributed by atoms with van der Waals surface area (Å²) in [5.74, 6) is 2.10. The van der Waals surface area contributed by atoms with Gasteiger partial charge in [0.15, 0.2) is 11.5 Å². The van der Waals surface area contributed by atoms with E-state index in [4.69, 9.17) is 9.47 Å². The van der Waals surface area contributed by atoms with E-state index < -0.39 is 10.8 Å². The molecule has 112 valence electrons. The van der Waals surface area contributed by atoms with Gasteiger partial charge in [0.25, 0.3) is 0 Å². The Morgan fingerprint density at radius 3 is 2.60 bits per heavy atom. The van der Waals surface area contributed by atoms with Gasteiger partial charge in [0.05, 0.1) is 10.8 Å². The highest BCUT2D eigenvalue weighted by molar-refractivity contribution is 7.85. The van der Waals surface area contributed by atoms with Crippen LogP contribution in [-0.4, -0.2) is 35.3 Å². The molecule has 20 heavy (non-hydrogen) atoms. The molecule has 4 nitrogen and oxygen atoms in total. The summed E-state index contributed by atoms with van der Waals surface area (Å²) < 4.78 is 23.2. The van der Waals surface area contributed by atoms with Crippen LogP contribution in [0.5, 0.6) is 11.5 Å². The van der Waals surface area contributed by atoms with Gasteiger partial charge in [0, 0.05) is 22.3 Å². The minimum Gasteiger partial charge on any atom is -0.486 e. The number of benzene rings is 1. The van der Waals surface area contributed by atoms with Gasteiger partial charge in [-0.15, -0.1) is 0 Å². The molecule has 0 amide bonds. The van der Waals surface area contributed by atoms with E-state index in [1.807, 2.05) is 18.2 Å². The van der Waals surface area contributed by atoms with Gasteiger partial charge < -0.3 is 14.8 Å². The van der Waals surface area contributed by atoms with Crippen molar-refractivity contribution in [3.05, 3.63) is 18.2 Å². The SMILES string of the molecule is CC(C)(C)NCCCS(=O)c1ccc2c(c1)OCCO2. The largest absolute Gasteiger partial charge is 0.486 e. The molecule has 1 aliphatic rings. The molecule has 0 saturated heterocycles. The molecule has 1 aromatic rings. The number of hydrogen-bond acceptors (Lipinski definition) is 4. The third kappa shape index (κ3) is 4.49. The molecule has 0 radical (unpaired) electrons. The highest BCUT2D eigenvalue weighted by Gasteiger charge is 2.14. The summed E-state index contributed by atoms with van der Waals surface area (Å²) in [5.41, 5.74) is 0.110. The Labute approximate surface area is 123 Å². The van der Waals surface area contributed by atoms with Gasteiger partial charge >= 0.3 is 0 Å². The zero-order valence-electron chi connectivity index (χ0n) is 12.4. The van der Waals surface area contributed by atoms with E-state index in [1.54, 1.807) is 0 Å². The molecular weight excluding hydrogens is 274 g/mol. The molecule has 1 aliphatic heterocycles. The van der Waals surface area contributed by atoms with Crippen molar-refractivity contribution in [1.82, 2.24) is 5.32 Å². The van der Waals surface area contributed by atoms with E-state index in [0.717, 1.165) is 23.6 Å². The molecule has 0 saturated carbocycles. The van der Waals surface area contributed by atoms with Gasteiger partial charge in [0.2, 0.25) is 0 Å². The van der Waals surface area contributed by atoms with Crippen LogP contribution < -0.4 is 14.8 Å². The predicted molar refractivity (Wildman–Crippen MR) is 81.1 cm³/mol. The Hall–Kier alpha value is -1.07. The molecule has 1 unspecified atom stereocenters. The Morgan fingerprint density at radius 2 is 1.90 bits per heavy atom. The van der Waals surface area contributed by atoms with Crippen molar-refractivity contribution in [3.8, 4) is 11.5 Å². The first-order valence-electron chi connectivity index (χ1n) is 6.99. The lowest BCUT2D eigenvalue weighted by molar-refractivity contribution is 0.171. The van der Waals surface area contributed by atoms with Crippen molar-refractivity contribution in [2.75, 3.05) is 25.5 Å². The second kappa shape index (κ2) is 6.59. The lowest BCUT2D eigenvalue weighted by Crippen LogP contribution is -2.36. The molecule has 1 N–H and O–H groups in total. The van der Waals surface area contributed by atoms with Crippen LogP contribution in [0.3, 0.4) is 0 Å². The molecule has 0 fully saturated rings. The van der Waals surface area contributed by atoms with E-state index in [0.29, 0.717) is 24.7 Å². The quantitative estimate of drug-likeness (QED) is 0.848. The highest BCUT2D eigenvalue weighted by Crippen LogP contribution is 2.31. The first-order valence-corrected chi connectivity index (χ1v) is 8.31. The highest BCUT2D eigenvalue weighted by atomic mass is 32.2. The summed E-state index contributed by atoms with van der Waals surface area (Å²) in [7, 11) is -0.985. The second-order valence-electron chi connectivity index (χ2n) is 5.89. The Morgan fingerprint density at radius 1 is 1.20 bits per heavy atom. The van der Waals surface area contributed by atoms with Gasteiger partial charge in [-0.1, -0.05) is 0 Å². The zero-order valence-corrected chi connectivity index (χ0v) is 13.2. The predicted octanol–water partition coefficient (Wildman–Crippen LogP) is 2.34. The first kappa shape index (κ1) is 15.3. The van der Waals surface area contributed by atoms with Crippen LogP contribution in [0.15, 0.2) is 23.1 Å². The molecule has 1 atom stereocenters. The van der Waals surface area contributed by atoms with Gasteiger partial charge in [-0.25, -0.2) is 0 Å². The summed E-state index contributed by atoms with van der Waals surface area (Å²) in [4.78, 5) is 0.810. The standard InChI is InChI=1S/C15H23NO3S/c1-15(2,3)16-7-4-10-20(17)12-5-6-13-14(11-12)19-9-8-18-13/h5-6,11,16H,4,7-10H2,1-3H3. The van der Waals surface area contributed by atoms with Gasteiger partial charge in [-0.3, -0.25) is 4.21 Å². The molecular formula is C15H23NO3S. The maximum atomic E-state index is 12.2. The third-order valence-electron chi connectivity index (χ3n) is 2.94. The number of hydrogen-bond donors (Lipinski definition) is 1. The molecule has 0 bridgehead atoms. The van der Waals surface area contributed by atoms with Crippen LogP contribution in [0.2, 0.25) is 0 Å². The van der Waals surface area contributed by atoms with Crippen LogP contribution in [0, 0.1) is 0 Å². The monoisotopic (exact) mass is 297 g/mol. The maximum Gasteiger partial charge on any atom is 0.162 e. The fourth-order valence-corrected chi connectivity index (χ4v) is 3.05. The first-order chi connectivity index (χ1) is 9.46. The van der Waals surface area contributed by atoms with Crippen molar-refractivity contribution < 1.29 is 13.7 Å². The second-order valence-corrected chi connectivity index (χ2v) is 7.46. The molecule has 1 heterocycles. The molecule has 0 aromatic heterocycles. The summed E-state index contributed by atoms with van der Waals surface area (Å²) in [5, 5.41) is 3.40. The van der Waals surface area contributed by atoms with E-state index in [-0.39, 0.29) is 5.54 Å². The lowest BCUT2D eigenvalue weighted by Gasteiger charge is -2.20. The summed E-state index contributed by atoms with van der Waals surface area (Å²) in [6, 6.07) is 5.54. The van der Waals surface area contributed by atoms with Crippen molar-refractivity contribution in [1.29, 1.82) is 0 Å². The van der Waals surface area contributed by atoms with Crippen molar-refractivity contribution in [3.63, 3.8) is 0 Å². The number of ether oxygens (including phenoxy) is 2. The number of nitrogens with one attached hydrogen (secondary N) is 1. The van der Waals surface area contributed by atoms with Crippen molar-refractivity contribution in [2.24, 2.45) is 0 Å². The minimum atomic E-state index is -0.985. The summed E-state index contributed by atoms with van der Waals surface area (Å²) >= 11 is 0. The van der Waals surface area contributed by atoms with Crippen molar-refractivity contribution in [2.45, 2.75) is 37.6 Å². The summed E-state index contributed by atoms with van der Waals surface area (Å²) in [6.45, 7) is 8.40. The van der Waals surface area contributed by atoms with Crippen LogP contribution in [0.1, 0.15) is 27.2 Å². The van der Waals surface area contributed by atoms with Gasteiger partial charge in [0.1, 0.15) is 13.2 Å².